The van der Waals surface area contributed by atoms with Crippen molar-refractivity contribution in [2.45, 2.75) is 59.5 Å². The summed E-state index contributed by atoms with van der Waals surface area (Å²) in [6.45, 7) is 9.86. The van der Waals surface area contributed by atoms with Crippen molar-refractivity contribution < 1.29 is 14.4 Å². The van der Waals surface area contributed by atoms with Crippen molar-refractivity contribution in [2.75, 3.05) is 11.9 Å². The summed E-state index contributed by atoms with van der Waals surface area (Å²) in [5.41, 5.74) is 0.351. The Morgan fingerprint density at radius 3 is 2.71 bits per heavy atom. The van der Waals surface area contributed by atoms with Crippen LogP contribution in [0.1, 0.15) is 52.0 Å². The second-order valence-electron chi connectivity index (χ2n) is 6.16. The van der Waals surface area contributed by atoms with Gasteiger partial charge in [-0.15, -0.1) is 0 Å². The first-order valence-corrected chi connectivity index (χ1v) is 7.47. The highest BCUT2D eigenvalue weighted by Gasteiger charge is 2.22. The van der Waals surface area contributed by atoms with Gasteiger partial charge in [0.2, 0.25) is 0 Å². The van der Waals surface area contributed by atoms with Gasteiger partial charge in [0.15, 0.2) is 5.76 Å². The zero-order valence-electron chi connectivity index (χ0n) is 13.6. The molecule has 1 heterocycles. The Balaban J connectivity index is 2.48. The molecule has 3 N–H and O–H groups in total. The van der Waals surface area contributed by atoms with E-state index in [-0.39, 0.29) is 12.6 Å². The largest absolute Gasteiger partial charge is 0.388 e. The number of hydrogen-bond acceptors (Lipinski definition) is 4. The Morgan fingerprint density at radius 2 is 2.14 bits per heavy atom. The van der Waals surface area contributed by atoms with Gasteiger partial charge in [0.25, 0.3) is 0 Å². The first-order valence-electron chi connectivity index (χ1n) is 7.47. The fraction of sp³-hybridized carbons (Fsp3) is 0.733. The number of amides is 2. The number of hydrogen-bond donors (Lipinski definition) is 3. The average molecular weight is 297 g/mol. The van der Waals surface area contributed by atoms with Crippen LogP contribution < -0.4 is 10.6 Å². The van der Waals surface area contributed by atoms with Gasteiger partial charge in [-0.1, -0.05) is 25.9 Å². The number of nitrogens with one attached hydrogen (secondary N) is 2. The van der Waals surface area contributed by atoms with Crippen LogP contribution in [0.3, 0.4) is 0 Å². The average Bonchev–Trinajstić information content (AvgIpc) is 2.75. The second-order valence-corrected chi connectivity index (χ2v) is 6.16. The number of nitrogens with zero attached hydrogens (tertiary/aromatic N) is 1. The van der Waals surface area contributed by atoms with Crippen molar-refractivity contribution in [3.63, 3.8) is 0 Å². The van der Waals surface area contributed by atoms with E-state index in [0.717, 1.165) is 6.42 Å². The highest BCUT2D eigenvalue weighted by atomic mass is 16.5. The topological polar surface area (TPSA) is 87.4 Å². The molecule has 1 atom stereocenters. The van der Waals surface area contributed by atoms with E-state index in [0.29, 0.717) is 35.9 Å². The lowest BCUT2D eigenvalue weighted by Gasteiger charge is -2.24. The molecular weight excluding hydrogens is 270 g/mol. The Kier molecular flexibility index (Phi) is 6.20. The van der Waals surface area contributed by atoms with E-state index in [1.165, 1.54) is 0 Å². The molecular formula is C15H27N3O3. The fourth-order valence-electron chi connectivity index (χ4n) is 1.93. The normalized spacial score (nSPS) is 14.0. The van der Waals surface area contributed by atoms with Gasteiger partial charge >= 0.3 is 6.03 Å². The van der Waals surface area contributed by atoms with Crippen molar-refractivity contribution in [3.8, 4) is 0 Å². The van der Waals surface area contributed by atoms with Crippen LogP contribution >= 0.6 is 0 Å². The Hall–Kier alpha value is -1.56. The first kappa shape index (κ1) is 17.5. The standard InChI is InChI=1S/C15H27N3O3/c1-6-12-13(11(4)18-21-12)17-14(19)16-9-15(5,20)8-7-10(2)3/h10,20H,6-9H2,1-5H3,(H2,16,17,19). The molecule has 6 heteroatoms. The van der Waals surface area contributed by atoms with Crippen LogP contribution in [0.25, 0.3) is 0 Å². The minimum atomic E-state index is -0.904. The van der Waals surface area contributed by atoms with E-state index in [2.05, 4.69) is 29.6 Å². The summed E-state index contributed by atoms with van der Waals surface area (Å²) in [6, 6.07) is -0.360. The summed E-state index contributed by atoms with van der Waals surface area (Å²) < 4.78 is 5.11. The number of carbonyl (C=O) groups excluding carboxylic acids is 1. The van der Waals surface area contributed by atoms with Crippen LogP contribution in [0, 0.1) is 12.8 Å². The molecule has 0 saturated carbocycles. The summed E-state index contributed by atoms with van der Waals surface area (Å²) in [4.78, 5) is 11.9. The molecule has 1 unspecified atom stereocenters. The molecule has 0 aliphatic carbocycles. The summed E-state index contributed by atoms with van der Waals surface area (Å²) in [5.74, 6) is 1.17. The molecule has 0 saturated heterocycles. The molecule has 0 fully saturated rings. The summed E-state index contributed by atoms with van der Waals surface area (Å²) in [5, 5.41) is 19.5. The quantitative estimate of drug-likeness (QED) is 0.722. The molecule has 0 aromatic carbocycles. The zero-order valence-corrected chi connectivity index (χ0v) is 13.6. The summed E-state index contributed by atoms with van der Waals surface area (Å²) in [6.07, 6.45) is 2.22. The number of anilines is 1. The number of carbonyl (C=O) groups is 1. The third kappa shape index (κ3) is 5.75. The van der Waals surface area contributed by atoms with Gasteiger partial charge in [-0.3, -0.25) is 0 Å². The molecule has 6 nitrogen and oxygen atoms in total. The first-order chi connectivity index (χ1) is 9.75. The molecule has 1 rings (SSSR count). The van der Waals surface area contributed by atoms with E-state index in [1.807, 2.05) is 6.92 Å². The lowest BCUT2D eigenvalue weighted by molar-refractivity contribution is 0.0481. The van der Waals surface area contributed by atoms with Crippen LogP contribution in [-0.2, 0) is 6.42 Å². The van der Waals surface area contributed by atoms with Crippen molar-refractivity contribution in [2.24, 2.45) is 5.92 Å². The number of urea groups is 1. The van der Waals surface area contributed by atoms with Gasteiger partial charge in [0, 0.05) is 13.0 Å². The Morgan fingerprint density at radius 1 is 1.48 bits per heavy atom. The van der Waals surface area contributed by atoms with E-state index in [9.17, 15) is 9.90 Å². The molecule has 21 heavy (non-hydrogen) atoms. The van der Waals surface area contributed by atoms with E-state index in [1.54, 1.807) is 13.8 Å². The van der Waals surface area contributed by atoms with E-state index in [4.69, 9.17) is 4.52 Å². The van der Waals surface area contributed by atoms with Crippen molar-refractivity contribution in [1.82, 2.24) is 10.5 Å². The predicted molar refractivity (Wildman–Crippen MR) is 82.3 cm³/mol. The highest BCUT2D eigenvalue weighted by molar-refractivity contribution is 5.90. The predicted octanol–water partition coefficient (Wildman–Crippen LogP) is 2.85. The molecule has 0 spiro atoms. The number of aromatic nitrogens is 1. The highest BCUT2D eigenvalue weighted by Crippen LogP contribution is 2.20. The minimum absolute atomic E-state index is 0.206. The zero-order chi connectivity index (χ0) is 16.0. The van der Waals surface area contributed by atoms with Crippen molar-refractivity contribution in [3.05, 3.63) is 11.5 Å². The lowest BCUT2D eigenvalue weighted by atomic mass is 9.95. The smallest absolute Gasteiger partial charge is 0.319 e. The second kappa shape index (κ2) is 7.45. The minimum Gasteiger partial charge on any atom is -0.388 e. The molecule has 1 aromatic heterocycles. The molecule has 0 aliphatic heterocycles. The maximum Gasteiger partial charge on any atom is 0.319 e. The van der Waals surface area contributed by atoms with Gasteiger partial charge in [-0.2, -0.15) is 0 Å². The van der Waals surface area contributed by atoms with Crippen molar-refractivity contribution >= 4 is 11.7 Å². The van der Waals surface area contributed by atoms with Crippen molar-refractivity contribution in [1.29, 1.82) is 0 Å². The fourth-order valence-corrected chi connectivity index (χ4v) is 1.93. The molecule has 0 radical (unpaired) electrons. The maximum atomic E-state index is 11.9. The van der Waals surface area contributed by atoms with Gasteiger partial charge in [-0.25, -0.2) is 4.79 Å². The van der Waals surface area contributed by atoms with Gasteiger partial charge in [0.05, 0.1) is 5.60 Å². The van der Waals surface area contributed by atoms with E-state index < -0.39 is 5.60 Å². The van der Waals surface area contributed by atoms with Crippen LogP contribution in [0.2, 0.25) is 0 Å². The third-order valence-electron chi connectivity index (χ3n) is 3.38. The third-order valence-corrected chi connectivity index (χ3v) is 3.38. The lowest BCUT2D eigenvalue weighted by Crippen LogP contribution is -2.42. The Bertz CT molecular complexity index is 467. The number of aryl methyl sites for hydroxylation is 2. The van der Waals surface area contributed by atoms with E-state index >= 15 is 0 Å². The molecule has 0 bridgehead atoms. The maximum absolute atomic E-state index is 11.9. The van der Waals surface area contributed by atoms with Crippen LogP contribution in [-0.4, -0.2) is 28.4 Å². The van der Waals surface area contributed by atoms with Gasteiger partial charge in [0.1, 0.15) is 11.4 Å². The SMILES string of the molecule is CCc1onc(C)c1NC(=O)NCC(C)(O)CCC(C)C. The molecule has 1 aromatic rings. The Labute approximate surface area is 126 Å². The van der Waals surface area contributed by atoms with Gasteiger partial charge in [-0.05, 0) is 32.6 Å². The van der Waals surface area contributed by atoms with Crippen LogP contribution in [0.5, 0.6) is 0 Å². The number of aliphatic hydroxyl groups is 1. The van der Waals surface area contributed by atoms with Gasteiger partial charge < -0.3 is 20.3 Å². The number of rotatable bonds is 7. The summed E-state index contributed by atoms with van der Waals surface area (Å²) >= 11 is 0. The summed E-state index contributed by atoms with van der Waals surface area (Å²) in [7, 11) is 0. The molecule has 2 amide bonds. The monoisotopic (exact) mass is 297 g/mol. The van der Waals surface area contributed by atoms with Crippen LogP contribution in [0.15, 0.2) is 4.52 Å². The molecule has 0 aliphatic rings. The molecule has 120 valence electrons. The van der Waals surface area contributed by atoms with Crippen LogP contribution in [0.4, 0.5) is 10.5 Å².